The van der Waals surface area contributed by atoms with Crippen molar-refractivity contribution >= 4 is 50.5 Å². The number of aliphatic carboxylic acids is 1. The van der Waals surface area contributed by atoms with Crippen molar-refractivity contribution in [3.63, 3.8) is 0 Å². The lowest BCUT2D eigenvalue weighted by atomic mass is 9.94. The van der Waals surface area contributed by atoms with E-state index in [9.17, 15) is 19.8 Å². The number of alkyl halides is 1. The smallest absolute Gasteiger partial charge is 0.306 e. The number of imidazole rings is 2. The van der Waals surface area contributed by atoms with Crippen LogP contribution in [-0.4, -0.2) is 57.8 Å². The molecule has 2 N–H and O–H groups in total. The first kappa shape index (κ1) is 43.7. The number of thiazole rings is 2. The van der Waals surface area contributed by atoms with Crippen LogP contribution in [0, 0.1) is 0 Å². The second-order valence-corrected chi connectivity index (χ2v) is 17.4. The van der Waals surface area contributed by atoms with Gasteiger partial charge in [-0.2, -0.15) is 0 Å². The summed E-state index contributed by atoms with van der Waals surface area (Å²) in [4.78, 5) is 44.0. The number of carbonyl (C=O) groups excluding carboxylic acids is 1. The molecule has 8 rings (SSSR count). The van der Waals surface area contributed by atoms with E-state index >= 15 is 0 Å². The number of hydrogen-bond acceptors (Lipinski definition) is 11. The zero-order chi connectivity index (χ0) is 41.7. The van der Waals surface area contributed by atoms with Gasteiger partial charge in [0.05, 0.1) is 48.0 Å². The lowest BCUT2D eigenvalue weighted by Gasteiger charge is -2.16. The first-order valence-corrected chi connectivity index (χ1v) is 22.7. The summed E-state index contributed by atoms with van der Waals surface area (Å²) in [5.41, 5.74) is 4.45. The van der Waals surface area contributed by atoms with Crippen LogP contribution in [0.2, 0.25) is 0 Å². The van der Waals surface area contributed by atoms with Crippen molar-refractivity contribution in [1.29, 1.82) is 0 Å². The molecule has 0 radical (unpaired) electrons. The molecular formula is C44H51BrN6O6S2. The Morgan fingerprint density at radius 3 is 1.76 bits per heavy atom. The quantitative estimate of drug-likeness (QED) is 0.0848. The van der Waals surface area contributed by atoms with Gasteiger partial charge in [-0.3, -0.25) is 9.59 Å². The number of carbonyl (C=O) groups is 2. The molecule has 0 saturated carbocycles. The zero-order valence-corrected chi connectivity index (χ0v) is 36.9. The fourth-order valence-corrected chi connectivity index (χ4v) is 9.83. The summed E-state index contributed by atoms with van der Waals surface area (Å²) in [7, 11) is 3.77. The summed E-state index contributed by atoms with van der Waals surface area (Å²) in [5.74, 6) is 0.906. The predicted molar refractivity (Wildman–Crippen MR) is 233 cm³/mol. The van der Waals surface area contributed by atoms with Gasteiger partial charge in [-0.25, -0.2) is 19.9 Å². The molecule has 12 nitrogen and oxygen atoms in total. The molecular weight excluding hydrogens is 853 g/mol. The second kappa shape index (κ2) is 21.4. The third-order valence-corrected chi connectivity index (χ3v) is 13.4. The zero-order valence-electron chi connectivity index (χ0n) is 33.7. The van der Waals surface area contributed by atoms with E-state index in [1.807, 2.05) is 71.2 Å². The van der Waals surface area contributed by atoms with E-state index in [4.69, 9.17) is 14.5 Å². The lowest BCUT2D eigenvalue weighted by Crippen LogP contribution is -2.14. The van der Waals surface area contributed by atoms with Gasteiger partial charge in [0, 0.05) is 48.6 Å². The molecule has 312 valence electrons. The van der Waals surface area contributed by atoms with Gasteiger partial charge in [0.1, 0.15) is 39.8 Å². The van der Waals surface area contributed by atoms with E-state index in [1.165, 1.54) is 64.7 Å². The van der Waals surface area contributed by atoms with Gasteiger partial charge < -0.3 is 28.8 Å². The van der Waals surface area contributed by atoms with Crippen LogP contribution in [0.1, 0.15) is 111 Å². The summed E-state index contributed by atoms with van der Waals surface area (Å²) in [6.45, 7) is 2.62. The van der Waals surface area contributed by atoms with Crippen LogP contribution in [-0.2, 0) is 66.0 Å². The largest absolute Gasteiger partial charge is 0.508 e. The third-order valence-electron chi connectivity index (χ3n) is 10.2. The number of aryl methyl sites for hydroxylation is 6. The summed E-state index contributed by atoms with van der Waals surface area (Å²) in [5, 5.41) is 21.9. The number of aromatic nitrogens is 6. The molecule has 59 heavy (non-hydrogen) atoms. The molecule has 0 saturated heterocycles. The number of ether oxygens (including phenoxy) is 2. The van der Waals surface area contributed by atoms with Crippen LogP contribution >= 0.6 is 38.6 Å². The highest BCUT2D eigenvalue weighted by Gasteiger charge is 2.24. The van der Waals surface area contributed by atoms with Gasteiger partial charge in [0.25, 0.3) is 0 Å². The molecule has 15 heteroatoms. The Hall–Kier alpha value is -4.86. The number of phenolic OH excluding ortho intramolecular Hbond substituents is 1. The van der Waals surface area contributed by atoms with Crippen LogP contribution in [0.3, 0.4) is 0 Å². The molecule has 2 aliphatic carbocycles. The number of benzene rings is 2. The first-order valence-electron chi connectivity index (χ1n) is 20.0. The van der Waals surface area contributed by atoms with Crippen LogP contribution < -0.4 is 4.74 Å². The molecule has 0 aliphatic heterocycles. The Morgan fingerprint density at radius 2 is 1.27 bits per heavy atom. The maximum Gasteiger partial charge on any atom is 0.306 e. The van der Waals surface area contributed by atoms with Gasteiger partial charge in [0.15, 0.2) is 0 Å². The monoisotopic (exact) mass is 902 g/mol. The SMILES string of the molecule is BrCc1nc2c(s1)CCCC2.CCOC(=O)C[C@@H](c1ccc(O)cc1)c1nccn1C.Cn1ccnc1[C@@H](CC(=O)O)c1ccc(OCc2nc3c(s2)CCCC3)cc1. The minimum absolute atomic E-state index is 0.00424. The van der Waals surface area contributed by atoms with E-state index in [1.54, 1.807) is 54.9 Å². The van der Waals surface area contributed by atoms with Crippen LogP contribution in [0.4, 0.5) is 0 Å². The number of fused-ring (bicyclic) bond motifs is 2. The number of rotatable bonds is 13. The molecule has 0 fully saturated rings. The predicted octanol–water partition coefficient (Wildman–Crippen LogP) is 9.07. The van der Waals surface area contributed by atoms with Crippen LogP contribution in [0.15, 0.2) is 73.3 Å². The molecule has 2 atom stereocenters. The molecule has 0 spiro atoms. The number of nitrogens with zero attached hydrogens (tertiary/aromatic N) is 6. The topological polar surface area (TPSA) is 154 Å². The molecule has 6 aromatic rings. The van der Waals surface area contributed by atoms with Crippen molar-refractivity contribution in [2.24, 2.45) is 14.1 Å². The first-order chi connectivity index (χ1) is 28.6. The van der Waals surface area contributed by atoms with Crippen molar-refractivity contribution < 1.29 is 29.3 Å². The number of halogens is 1. The van der Waals surface area contributed by atoms with Gasteiger partial charge in [0.2, 0.25) is 0 Å². The number of carboxylic acids is 1. The van der Waals surface area contributed by atoms with Gasteiger partial charge in [-0.05, 0) is 93.7 Å². The van der Waals surface area contributed by atoms with Crippen molar-refractivity contribution in [3.8, 4) is 11.5 Å². The molecule has 4 aromatic heterocycles. The van der Waals surface area contributed by atoms with Gasteiger partial charge >= 0.3 is 11.9 Å². The Morgan fingerprint density at radius 1 is 0.763 bits per heavy atom. The number of hydrogen-bond donors (Lipinski definition) is 2. The number of carboxylic acid groups (broad SMARTS) is 1. The lowest BCUT2D eigenvalue weighted by molar-refractivity contribution is -0.143. The Kier molecular flexibility index (Phi) is 15.9. The highest BCUT2D eigenvalue weighted by Crippen LogP contribution is 2.32. The summed E-state index contributed by atoms with van der Waals surface area (Å²) in [6, 6.07) is 14.4. The summed E-state index contributed by atoms with van der Waals surface area (Å²) >= 11 is 7.07. The highest BCUT2D eigenvalue weighted by atomic mass is 79.9. The number of aromatic hydroxyl groups is 1. The molecule has 0 bridgehead atoms. The van der Waals surface area contributed by atoms with Crippen LogP contribution in [0.25, 0.3) is 0 Å². The fraction of sp³-hybridized carbons (Fsp3) is 0.409. The average molecular weight is 904 g/mol. The summed E-state index contributed by atoms with van der Waals surface area (Å²) in [6.07, 6.45) is 17.1. The minimum atomic E-state index is -0.846. The highest BCUT2D eigenvalue weighted by molar-refractivity contribution is 9.08. The van der Waals surface area contributed by atoms with Crippen molar-refractivity contribution in [1.82, 2.24) is 29.1 Å². The Balaban J connectivity index is 0.000000164. The molecule has 4 heterocycles. The summed E-state index contributed by atoms with van der Waals surface area (Å²) < 4.78 is 14.7. The second-order valence-electron chi connectivity index (χ2n) is 14.5. The molecule has 0 unspecified atom stereocenters. The van der Waals surface area contributed by atoms with Crippen molar-refractivity contribution in [2.45, 2.75) is 94.9 Å². The van der Waals surface area contributed by atoms with Gasteiger partial charge in [-0.1, -0.05) is 40.2 Å². The average Bonchev–Trinajstić information content (AvgIpc) is 4.06. The maximum atomic E-state index is 11.8. The molecule has 0 amide bonds. The van der Waals surface area contributed by atoms with E-state index < -0.39 is 5.97 Å². The third kappa shape index (κ3) is 12.1. The standard InChI is InChI=1S/C21H23N3O3S.C15H18N2O3.C8H10BrNS/c1-24-11-10-22-21(24)16(12-20(25)26)14-6-8-15(9-7-14)27-13-19-23-17-4-2-3-5-18(17)28-19;1-3-20-14(19)10-13(15-16-8-9-17(15)2)11-4-6-12(18)7-5-11;9-5-8-10-6-3-1-2-4-7(6)11-8/h6-11,16H,2-5,12-13H2,1H3,(H,25,26);4-9,13,18H,3,10H2,1-2H3;1-5H2/t16-;13-;/m00./s1. The van der Waals surface area contributed by atoms with E-state index in [0.29, 0.717) is 13.2 Å². The van der Waals surface area contributed by atoms with Crippen LogP contribution in [0.5, 0.6) is 11.5 Å². The minimum Gasteiger partial charge on any atom is -0.508 e. The fourth-order valence-electron chi connectivity index (χ4n) is 7.28. The molecule has 2 aliphatic rings. The van der Waals surface area contributed by atoms with Crippen molar-refractivity contribution in [2.75, 3.05) is 6.61 Å². The Bertz CT molecular complexity index is 2220. The van der Waals surface area contributed by atoms with E-state index in [-0.39, 0.29) is 36.4 Å². The number of phenols is 1. The normalized spacial score (nSPS) is 14.0. The van der Waals surface area contributed by atoms with Gasteiger partial charge in [-0.15, -0.1) is 22.7 Å². The van der Waals surface area contributed by atoms with Crippen molar-refractivity contribution in [3.05, 3.63) is 127 Å². The maximum absolute atomic E-state index is 11.8. The molecule has 2 aromatic carbocycles. The van der Waals surface area contributed by atoms with E-state index in [0.717, 1.165) is 51.7 Å². The number of esters is 1. The Labute approximate surface area is 361 Å². The van der Waals surface area contributed by atoms with E-state index in [2.05, 4.69) is 30.9 Å².